The van der Waals surface area contributed by atoms with Crippen LogP contribution in [0.3, 0.4) is 0 Å². The molecular weight excluding hydrogens is 312 g/mol. The molecule has 0 spiro atoms. The first-order valence-corrected chi connectivity index (χ1v) is 7.30. The molecule has 9 heteroatoms. The molecule has 1 heterocycles. The van der Waals surface area contributed by atoms with E-state index in [0.29, 0.717) is 10.2 Å². The number of aliphatic carboxylic acids is 1. The summed E-state index contributed by atoms with van der Waals surface area (Å²) in [5.74, 6) is -3.70. The summed E-state index contributed by atoms with van der Waals surface area (Å²) >= 11 is 0. The van der Waals surface area contributed by atoms with Crippen molar-refractivity contribution < 1.29 is 28.2 Å². The Balaban J connectivity index is 2.35. The second-order valence-electron chi connectivity index (χ2n) is 4.12. The standard InChI is InChI=1S/C13H10N2O6S/c16-11(6-12(17)13(18)19)9-7-14-15(8-9)22(20,21)10-4-2-1-3-5-10/h1-8,17H,(H,18,19). The summed E-state index contributed by atoms with van der Waals surface area (Å²) in [7, 11) is -3.94. The van der Waals surface area contributed by atoms with Crippen LogP contribution in [0.1, 0.15) is 10.4 Å². The molecule has 0 atom stereocenters. The number of aromatic nitrogens is 2. The highest BCUT2D eigenvalue weighted by atomic mass is 32.2. The van der Waals surface area contributed by atoms with Gasteiger partial charge in [-0.1, -0.05) is 18.2 Å². The number of nitrogens with zero attached hydrogens (tertiary/aromatic N) is 2. The van der Waals surface area contributed by atoms with Gasteiger partial charge in [0.2, 0.25) is 5.76 Å². The van der Waals surface area contributed by atoms with Crippen molar-refractivity contribution in [2.24, 2.45) is 0 Å². The van der Waals surface area contributed by atoms with Gasteiger partial charge in [-0.2, -0.15) is 17.6 Å². The maximum Gasteiger partial charge on any atom is 0.371 e. The van der Waals surface area contributed by atoms with Gasteiger partial charge in [-0.3, -0.25) is 4.79 Å². The fourth-order valence-electron chi connectivity index (χ4n) is 1.53. The molecule has 0 saturated heterocycles. The molecular formula is C13H10N2O6S. The summed E-state index contributed by atoms with van der Waals surface area (Å²) in [6, 6.07) is 7.46. The van der Waals surface area contributed by atoms with Crippen LogP contribution in [0.15, 0.2) is 59.5 Å². The van der Waals surface area contributed by atoms with Crippen molar-refractivity contribution in [2.75, 3.05) is 0 Å². The lowest BCUT2D eigenvalue weighted by atomic mass is 10.2. The second kappa shape index (κ2) is 5.82. The zero-order valence-corrected chi connectivity index (χ0v) is 11.8. The summed E-state index contributed by atoms with van der Waals surface area (Å²) in [4.78, 5) is 22.1. The van der Waals surface area contributed by atoms with Gasteiger partial charge in [-0.25, -0.2) is 4.79 Å². The van der Waals surface area contributed by atoms with Gasteiger partial charge in [0, 0.05) is 6.08 Å². The number of hydrogen-bond acceptors (Lipinski definition) is 6. The van der Waals surface area contributed by atoms with Gasteiger partial charge in [0.15, 0.2) is 5.78 Å². The maximum absolute atomic E-state index is 12.2. The highest BCUT2D eigenvalue weighted by Crippen LogP contribution is 2.13. The first-order valence-electron chi connectivity index (χ1n) is 5.86. The lowest BCUT2D eigenvalue weighted by Crippen LogP contribution is -2.13. The summed E-state index contributed by atoms with van der Waals surface area (Å²) in [5.41, 5.74) is -0.174. The Hall–Kier alpha value is -2.94. The third-order valence-electron chi connectivity index (χ3n) is 2.62. The van der Waals surface area contributed by atoms with Crippen LogP contribution in [0, 0.1) is 0 Å². The predicted molar refractivity (Wildman–Crippen MR) is 73.9 cm³/mol. The van der Waals surface area contributed by atoms with Crippen molar-refractivity contribution >= 4 is 21.8 Å². The molecule has 1 aromatic carbocycles. The van der Waals surface area contributed by atoms with E-state index in [-0.39, 0.29) is 10.5 Å². The third kappa shape index (κ3) is 3.04. The summed E-state index contributed by atoms with van der Waals surface area (Å²) in [6.07, 6.45) is 2.38. The highest BCUT2D eigenvalue weighted by molar-refractivity contribution is 7.89. The molecule has 1 aromatic heterocycles. The Bertz CT molecular complexity index is 852. The minimum atomic E-state index is -3.94. The van der Waals surface area contributed by atoms with E-state index >= 15 is 0 Å². The van der Waals surface area contributed by atoms with Gasteiger partial charge in [0.05, 0.1) is 22.9 Å². The number of benzene rings is 1. The van der Waals surface area contributed by atoms with E-state index in [1.807, 2.05) is 0 Å². The average Bonchev–Trinajstić information content (AvgIpc) is 2.98. The van der Waals surface area contributed by atoms with Crippen molar-refractivity contribution in [3.8, 4) is 0 Å². The highest BCUT2D eigenvalue weighted by Gasteiger charge is 2.19. The first kappa shape index (κ1) is 15.4. The van der Waals surface area contributed by atoms with Gasteiger partial charge in [-0.05, 0) is 12.1 Å². The van der Waals surface area contributed by atoms with Gasteiger partial charge in [0.25, 0.3) is 10.0 Å². The topological polar surface area (TPSA) is 127 Å². The fourth-order valence-corrected chi connectivity index (χ4v) is 2.67. The molecule has 0 aliphatic heterocycles. The Morgan fingerprint density at radius 2 is 1.77 bits per heavy atom. The van der Waals surface area contributed by atoms with Crippen LogP contribution in [-0.4, -0.2) is 39.6 Å². The van der Waals surface area contributed by atoms with E-state index in [9.17, 15) is 18.0 Å². The monoisotopic (exact) mass is 322 g/mol. The average molecular weight is 322 g/mol. The molecule has 8 nitrogen and oxygen atoms in total. The molecule has 0 radical (unpaired) electrons. The Kier molecular flexibility index (Phi) is 4.08. The molecule has 0 aliphatic carbocycles. The lowest BCUT2D eigenvalue weighted by Gasteiger charge is -2.02. The van der Waals surface area contributed by atoms with E-state index in [1.165, 1.54) is 24.3 Å². The SMILES string of the molecule is O=C(O)C(O)=CC(=O)c1cnn(S(=O)(=O)c2ccccc2)c1. The molecule has 114 valence electrons. The number of ketones is 1. The van der Waals surface area contributed by atoms with Crippen LogP contribution < -0.4 is 0 Å². The van der Waals surface area contributed by atoms with Crippen LogP contribution in [-0.2, 0) is 14.8 Å². The number of aliphatic hydroxyl groups excluding tert-OH is 1. The van der Waals surface area contributed by atoms with Gasteiger partial charge in [0.1, 0.15) is 0 Å². The molecule has 0 bridgehead atoms. The van der Waals surface area contributed by atoms with Crippen molar-refractivity contribution in [1.82, 2.24) is 9.19 Å². The largest absolute Gasteiger partial charge is 0.502 e. The number of carboxylic acids is 1. The maximum atomic E-state index is 12.2. The number of carboxylic acid groups (broad SMARTS) is 1. The van der Waals surface area contributed by atoms with Crippen molar-refractivity contribution in [3.63, 3.8) is 0 Å². The minimum absolute atomic E-state index is 0.0129. The minimum Gasteiger partial charge on any atom is -0.502 e. The number of allylic oxidation sites excluding steroid dienone is 1. The molecule has 0 fully saturated rings. The molecule has 2 rings (SSSR count). The molecule has 0 amide bonds. The van der Waals surface area contributed by atoms with Crippen LogP contribution in [0.25, 0.3) is 0 Å². The number of rotatable bonds is 5. The Morgan fingerprint density at radius 1 is 1.14 bits per heavy atom. The van der Waals surface area contributed by atoms with E-state index in [0.717, 1.165) is 12.4 Å². The van der Waals surface area contributed by atoms with Crippen molar-refractivity contribution in [1.29, 1.82) is 0 Å². The summed E-state index contributed by atoms with van der Waals surface area (Å²) in [5, 5.41) is 21.1. The quantitative estimate of drug-likeness (QED) is 0.474. The first-order chi connectivity index (χ1) is 10.3. The summed E-state index contributed by atoms with van der Waals surface area (Å²) < 4.78 is 25.1. The lowest BCUT2D eigenvalue weighted by molar-refractivity contribution is -0.135. The van der Waals surface area contributed by atoms with E-state index < -0.39 is 27.5 Å². The molecule has 22 heavy (non-hydrogen) atoms. The van der Waals surface area contributed by atoms with Crippen molar-refractivity contribution in [3.05, 3.63) is 60.1 Å². The number of aliphatic hydroxyl groups is 1. The number of carbonyl (C=O) groups excluding carboxylic acids is 1. The Morgan fingerprint density at radius 3 is 2.36 bits per heavy atom. The molecule has 2 N–H and O–H groups in total. The fraction of sp³-hybridized carbons (Fsp3) is 0. The normalized spacial score (nSPS) is 12.1. The van der Waals surface area contributed by atoms with E-state index in [1.54, 1.807) is 6.07 Å². The van der Waals surface area contributed by atoms with Crippen LogP contribution >= 0.6 is 0 Å². The third-order valence-corrected chi connectivity index (χ3v) is 4.18. The van der Waals surface area contributed by atoms with Crippen LogP contribution in [0.4, 0.5) is 0 Å². The Labute approximate surface area is 125 Å². The molecule has 0 aliphatic rings. The van der Waals surface area contributed by atoms with Crippen LogP contribution in [0.2, 0.25) is 0 Å². The van der Waals surface area contributed by atoms with E-state index in [4.69, 9.17) is 10.2 Å². The predicted octanol–water partition coefficient (Wildman–Crippen LogP) is 0.829. The van der Waals surface area contributed by atoms with Gasteiger partial charge < -0.3 is 10.2 Å². The second-order valence-corrected chi connectivity index (χ2v) is 5.91. The van der Waals surface area contributed by atoms with Gasteiger partial charge in [-0.15, -0.1) is 0 Å². The molecule has 0 unspecified atom stereocenters. The smallest absolute Gasteiger partial charge is 0.371 e. The number of carbonyl (C=O) groups is 2. The van der Waals surface area contributed by atoms with Crippen molar-refractivity contribution in [2.45, 2.75) is 4.90 Å². The summed E-state index contributed by atoms with van der Waals surface area (Å²) in [6.45, 7) is 0. The zero-order chi connectivity index (χ0) is 16.3. The zero-order valence-electron chi connectivity index (χ0n) is 10.9. The van der Waals surface area contributed by atoms with E-state index in [2.05, 4.69) is 5.10 Å². The number of hydrogen-bond donors (Lipinski definition) is 2. The van der Waals surface area contributed by atoms with Crippen LogP contribution in [0.5, 0.6) is 0 Å². The van der Waals surface area contributed by atoms with Gasteiger partial charge >= 0.3 is 5.97 Å². The molecule has 2 aromatic rings. The molecule has 0 saturated carbocycles.